The molecule has 3 aliphatic rings. The maximum absolute atomic E-state index is 5.64. The van der Waals surface area contributed by atoms with Gasteiger partial charge in [0.25, 0.3) is 0 Å². The molecule has 20 heavy (non-hydrogen) atoms. The molecular formula is C17H32N2O. The molecule has 3 rings (SSSR count). The van der Waals surface area contributed by atoms with Crippen molar-refractivity contribution in [3.05, 3.63) is 0 Å². The molecule has 1 N–H and O–H groups in total. The molecule has 0 aromatic heterocycles. The van der Waals surface area contributed by atoms with E-state index in [1.54, 1.807) is 0 Å². The second-order valence-corrected chi connectivity index (χ2v) is 7.39. The highest BCUT2D eigenvalue weighted by atomic mass is 16.5. The molecule has 1 saturated heterocycles. The quantitative estimate of drug-likeness (QED) is 0.657. The van der Waals surface area contributed by atoms with Gasteiger partial charge in [-0.3, -0.25) is 4.90 Å². The van der Waals surface area contributed by atoms with Gasteiger partial charge in [0.1, 0.15) is 0 Å². The molecule has 2 saturated carbocycles. The van der Waals surface area contributed by atoms with Gasteiger partial charge in [0, 0.05) is 38.9 Å². The molecule has 3 fully saturated rings. The Morgan fingerprint density at radius 1 is 1.15 bits per heavy atom. The fraction of sp³-hybridized carbons (Fsp3) is 1.00. The Morgan fingerprint density at radius 2 is 1.90 bits per heavy atom. The van der Waals surface area contributed by atoms with Crippen molar-refractivity contribution < 1.29 is 4.74 Å². The summed E-state index contributed by atoms with van der Waals surface area (Å²) in [6.07, 6.45) is 9.58. The van der Waals surface area contributed by atoms with Gasteiger partial charge in [0.05, 0.1) is 0 Å². The van der Waals surface area contributed by atoms with Crippen LogP contribution in [0.3, 0.4) is 0 Å². The van der Waals surface area contributed by atoms with Crippen molar-refractivity contribution in [3.8, 4) is 0 Å². The van der Waals surface area contributed by atoms with E-state index in [4.69, 9.17) is 4.74 Å². The van der Waals surface area contributed by atoms with Crippen molar-refractivity contribution in [1.82, 2.24) is 10.2 Å². The lowest BCUT2D eigenvalue weighted by atomic mass is 9.79. The number of nitrogens with zero attached hydrogens (tertiary/aromatic N) is 1. The van der Waals surface area contributed by atoms with Gasteiger partial charge in [0.15, 0.2) is 0 Å². The molecule has 0 bridgehead atoms. The van der Waals surface area contributed by atoms with E-state index < -0.39 is 0 Å². The number of hydrogen-bond acceptors (Lipinski definition) is 3. The highest BCUT2D eigenvalue weighted by molar-refractivity contribution is 4.94. The van der Waals surface area contributed by atoms with Gasteiger partial charge in [-0.15, -0.1) is 0 Å². The Balaban J connectivity index is 1.57. The fourth-order valence-electron chi connectivity index (χ4n) is 3.57. The smallest absolute Gasteiger partial charge is 0.0472 e. The number of rotatable bonds is 9. The molecule has 2 aliphatic carbocycles. The van der Waals surface area contributed by atoms with Gasteiger partial charge >= 0.3 is 0 Å². The zero-order valence-corrected chi connectivity index (χ0v) is 13.2. The topological polar surface area (TPSA) is 24.5 Å². The predicted molar refractivity (Wildman–Crippen MR) is 83.0 cm³/mol. The molecule has 116 valence electrons. The van der Waals surface area contributed by atoms with Crippen LogP contribution in [0.15, 0.2) is 0 Å². The molecule has 0 radical (unpaired) electrons. The molecule has 0 amide bonds. The largest absolute Gasteiger partial charge is 0.381 e. The zero-order chi connectivity index (χ0) is 13.8. The van der Waals surface area contributed by atoms with Crippen LogP contribution in [0.1, 0.15) is 51.9 Å². The summed E-state index contributed by atoms with van der Waals surface area (Å²) in [7, 11) is 0. The molecule has 0 unspecified atom stereocenters. The first kappa shape index (κ1) is 14.8. The van der Waals surface area contributed by atoms with E-state index >= 15 is 0 Å². The maximum Gasteiger partial charge on any atom is 0.0472 e. The highest BCUT2D eigenvalue weighted by Crippen LogP contribution is 2.39. The zero-order valence-electron chi connectivity index (χ0n) is 13.2. The minimum atomic E-state index is 0.477. The fourth-order valence-corrected chi connectivity index (χ4v) is 3.57. The summed E-state index contributed by atoms with van der Waals surface area (Å²) in [5, 5.41) is 3.70. The van der Waals surface area contributed by atoms with E-state index in [1.165, 1.54) is 64.6 Å². The van der Waals surface area contributed by atoms with Crippen LogP contribution in [-0.4, -0.2) is 50.3 Å². The van der Waals surface area contributed by atoms with E-state index in [2.05, 4.69) is 17.1 Å². The molecule has 1 heterocycles. The van der Waals surface area contributed by atoms with E-state index in [9.17, 15) is 0 Å². The molecular weight excluding hydrogens is 248 g/mol. The van der Waals surface area contributed by atoms with E-state index in [0.717, 1.165) is 31.7 Å². The second-order valence-electron chi connectivity index (χ2n) is 7.39. The average molecular weight is 280 g/mol. The SMILES string of the molecule is CCCNCC1(CN(CC2CC2)C2CC2)CCOCC1. The molecule has 3 nitrogen and oxygen atoms in total. The van der Waals surface area contributed by atoms with Crippen LogP contribution in [0.2, 0.25) is 0 Å². The van der Waals surface area contributed by atoms with Crippen molar-refractivity contribution >= 4 is 0 Å². The van der Waals surface area contributed by atoms with E-state index in [0.29, 0.717) is 5.41 Å². The summed E-state index contributed by atoms with van der Waals surface area (Å²) < 4.78 is 5.64. The second kappa shape index (κ2) is 6.76. The van der Waals surface area contributed by atoms with Crippen molar-refractivity contribution in [2.75, 3.05) is 39.4 Å². The summed E-state index contributed by atoms with van der Waals surface area (Å²) in [4.78, 5) is 2.84. The molecule has 0 spiro atoms. The molecule has 0 aromatic carbocycles. The van der Waals surface area contributed by atoms with Crippen LogP contribution in [0.25, 0.3) is 0 Å². The Kier molecular flexibility index (Phi) is 5.00. The molecule has 0 atom stereocenters. The van der Waals surface area contributed by atoms with Crippen LogP contribution < -0.4 is 5.32 Å². The molecule has 0 aromatic rings. The summed E-state index contributed by atoms with van der Waals surface area (Å²) in [6, 6.07) is 0.918. The molecule has 3 heteroatoms. The maximum atomic E-state index is 5.64. The van der Waals surface area contributed by atoms with Gasteiger partial charge < -0.3 is 10.1 Å². The monoisotopic (exact) mass is 280 g/mol. The first-order valence-corrected chi connectivity index (χ1v) is 8.84. The minimum Gasteiger partial charge on any atom is -0.381 e. The van der Waals surface area contributed by atoms with Crippen LogP contribution in [0.5, 0.6) is 0 Å². The summed E-state index contributed by atoms with van der Waals surface area (Å²) in [6.45, 7) is 9.24. The number of ether oxygens (including phenoxy) is 1. The van der Waals surface area contributed by atoms with Crippen LogP contribution in [0.4, 0.5) is 0 Å². The Hall–Kier alpha value is -0.120. The van der Waals surface area contributed by atoms with Crippen molar-refractivity contribution in [2.45, 2.75) is 57.9 Å². The Labute approximate surface area is 124 Å². The van der Waals surface area contributed by atoms with Crippen LogP contribution >= 0.6 is 0 Å². The van der Waals surface area contributed by atoms with Gasteiger partial charge in [-0.05, 0) is 62.8 Å². The summed E-state index contributed by atoms with van der Waals surface area (Å²) in [5.74, 6) is 1.02. The van der Waals surface area contributed by atoms with Crippen molar-refractivity contribution in [3.63, 3.8) is 0 Å². The highest BCUT2D eigenvalue weighted by Gasteiger charge is 2.40. The third kappa shape index (κ3) is 4.19. The van der Waals surface area contributed by atoms with Crippen LogP contribution in [0, 0.1) is 11.3 Å². The lowest BCUT2D eigenvalue weighted by Gasteiger charge is -2.41. The normalized spacial score (nSPS) is 26.1. The first-order valence-electron chi connectivity index (χ1n) is 8.84. The van der Waals surface area contributed by atoms with Crippen molar-refractivity contribution in [2.24, 2.45) is 11.3 Å². The first-order chi connectivity index (χ1) is 9.81. The third-order valence-electron chi connectivity index (χ3n) is 5.27. The van der Waals surface area contributed by atoms with Gasteiger partial charge in [0.2, 0.25) is 0 Å². The predicted octanol–water partition coefficient (Wildman–Crippen LogP) is 2.66. The lowest BCUT2D eigenvalue weighted by Crippen LogP contribution is -2.48. The van der Waals surface area contributed by atoms with Gasteiger partial charge in [-0.1, -0.05) is 6.92 Å². The summed E-state index contributed by atoms with van der Waals surface area (Å²) in [5.41, 5.74) is 0.477. The summed E-state index contributed by atoms with van der Waals surface area (Å²) >= 11 is 0. The Morgan fingerprint density at radius 3 is 2.50 bits per heavy atom. The van der Waals surface area contributed by atoms with Gasteiger partial charge in [-0.25, -0.2) is 0 Å². The number of hydrogen-bond donors (Lipinski definition) is 1. The Bertz CT molecular complexity index is 293. The lowest BCUT2D eigenvalue weighted by molar-refractivity contribution is -0.00651. The van der Waals surface area contributed by atoms with E-state index in [-0.39, 0.29) is 0 Å². The minimum absolute atomic E-state index is 0.477. The van der Waals surface area contributed by atoms with E-state index in [1.807, 2.05) is 0 Å². The third-order valence-corrected chi connectivity index (χ3v) is 5.27. The van der Waals surface area contributed by atoms with Crippen molar-refractivity contribution in [1.29, 1.82) is 0 Å². The number of nitrogens with one attached hydrogen (secondary N) is 1. The average Bonchev–Trinajstić information content (AvgIpc) is 3.33. The van der Waals surface area contributed by atoms with Crippen LogP contribution in [-0.2, 0) is 4.74 Å². The molecule has 1 aliphatic heterocycles. The standard InChI is InChI=1S/C17H32N2O/c1-2-9-18-13-17(7-10-20-11-8-17)14-19(16-5-6-16)12-15-3-4-15/h15-16,18H,2-14H2,1H3. The van der Waals surface area contributed by atoms with Gasteiger partial charge in [-0.2, -0.15) is 0 Å².